The smallest absolute Gasteiger partial charge is 0.269 e. The van der Waals surface area contributed by atoms with Crippen molar-refractivity contribution in [2.45, 2.75) is 12.8 Å². The molecule has 6 heteroatoms. The molecule has 0 spiro atoms. The highest BCUT2D eigenvalue weighted by molar-refractivity contribution is 6.30. The van der Waals surface area contributed by atoms with E-state index in [-0.39, 0.29) is 16.5 Å². The molecular weight excluding hydrogens is 285 g/mol. The zero-order chi connectivity index (χ0) is 14.7. The van der Waals surface area contributed by atoms with E-state index in [9.17, 15) is 19.6 Å². The van der Waals surface area contributed by atoms with E-state index in [4.69, 9.17) is 11.6 Å². The van der Waals surface area contributed by atoms with Gasteiger partial charge in [0.25, 0.3) is 5.69 Å². The maximum Gasteiger partial charge on any atom is 0.269 e. The van der Waals surface area contributed by atoms with Crippen molar-refractivity contribution in [3.05, 3.63) is 68.5 Å². The van der Waals surface area contributed by atoms with E-state index in [0.29, 0.717) is 18.4 Å². The van der Waals surface area contributed by atoms with Crippen LogP contribution >= 0.6 is 11.6 Å². The fourth-order valence-corrected chi connectivity index (χ4v) is 2.06. The monoisotopic (exact) mass is 295 g/mol. The number of hydrogen-bond acceptors (Lipinski definition) is 3. The van der Waals surface area contributed by atoms with Crippen LogP contribution in [0.15, 0.2) is 36.4 Å². The summed E-state index contributed by atoms with van der Waals surface area (Å²) in [4.78, 5) is 10.2. The molecule has 4 nitrogen and oxygen atoms in total. The van der Waals surface area contributed by atoms with Crippen molar-refractivity contribution in [1.82, 2.24) is 0 Å². The Morgan fingerprint density at radius 2 is 1.95 bits per heavy atom. The summed E-state index contributed by atoms with van der Waals surface area (Å²) < 4.78 is 13.0. The lowest BCUT2D eigenvalue weighted by Gasteiger charge is -2.05. The van der Waals surface area contributed by atoms with Crippen LogP contribution in [0, 0.1) is 15.9 Å². The van der Waals surface area contributed by atoms with Crippen molar-refractivity contribution in [1.29, 1.82) is 0 Å². The molecule has 20 heavy (non-hydrogen) atoms. The quantitative estimate of drug-likeness (QED) is 0.688. The number of aromatic hydroxyl groups is 1. The number of non-ortho nitro benzene ring substituents is 1. The summed E-state index contributed by atoms with van der Waals surface area (Å²) in [6.45, 7) is 0. The van der Waals surface area contributed by atoms with Gasteiger partial charge in [-0.2, -0.15) is 0 Å². The molecule has 1 N–H and O–H groups in total. The normalized spacial score (nSPS) is 10.5. The summed E-state index contributed by atoms with van der Waals surface area (Å²) in [5, 5.41) is 20.4. The molecule has 0 heterocycles. The van der Waals surface area contributed by atoms with E-state index >= 15 is 0 Å². The fourth-order valence-electron chi connectivity index (χ4n) is 1.86. The second-order valence-corrected chi connectivity index (χ2v) is 4.73. The molecule has 0 aromatic heterocycles. The Kier molecular flexibility index (Phi) is 4.20. The molecule has 0 fully saturated rings. The van der Waals surface area contributed by atoms with Crippen LogP contribution in [0.25, 0.3) is 0 Å². The Labute approximate surface area is 119 Å². The van der Waals surface area contributed by atoms with E-state index in [1.807, 2.05) is 0 Å². The summed E-state index contributed by atoms with van der Waals surface area (Å²) in [5.74, 6) is -0.488. The fraction of sp³-hybridized carbons (Fsp3) is 0.143. The molecule has 0 unspecified atom stereocenters. The summed E-state index contributed by atoms with van der Waals surface area (Å²) in [6, 6.07) is 8.24. The minimum atomic E-state index is -0.516. The Bertz CT molecular complexity index is 661. The highest BCUT2D eigenvalue weighted by atomic mass is 35.5. The lowest BCUT2D eigenvalue weighted by Crippen LogP contribution is -1.95. The Balaban J connectivity index is 2.15. The number of nitro groups is 1. The summed E-state index contributed by atoms with van der Waals surface area (Å²) in [6.07, 6.45) is 0.893. The number of hydrogen-bond donors (Lipinski definition) is 1. The van der Waals surface area contributed by atoms with Gasteiger partial charge in [0.05, 0.1) is 9.95 Å². The summed E-state index contributed by atoms with van der Waals surface area (Å²) in [5.41, 5.74) is 1.19. The van der Waals surface area contributed by atoms with Gasteiger partial charge in [0.15, 0.2) is 0 Å². The van der Waals surface area contributed by atoms with Gasteiger partial charge in [-0.3, -0.25) is 10.1 Å². The number of halogens is 2. The van der Waals surface area contributed by atoms with Crippen LogP contribution in [0.5, 0.6) is 5.75 Å². The third kappa shape index (κ3) is 3.24. The largest absolute Gasteiger partial charge is 0.508 e. The first-order valence-electron chi connectivity index (χ1n) is 5.87. The lowest BCUT2D eigenvalue weighted by atomic mass is 10.0. The number of phenols is 1. The Hall–Kier alpha value is -2.14. The number of phenolic OH excluding ortho intramolecular Hbond substituents is 1. The number of rotatable bonds is 4. The molecule has 0 atom stereocenters. The van der Waals surface area contributed by atoms with Gasteiger partial charge in [-0.1, -0.05) is 17.7 Å². The third-order valence-electron chi connectivity index (χ3n) is 2.94. The first-order chi connectivity index (χ1) is 9.47. The van der Waals surface area contributed by atoms with Gasteiger partial charge in [-0.05, 0) is 36.6 Å². The van der Waals surface area contributed by atoms with Gasteiger partial charge < -0.3 is 5.11 Å². The summed E-state index contributed by atoms with van der Waals surface area (Å²) >= 11 is 5.68. The predicted molar refractivity (Wildman–Crippen MR) is 73.6 cm³/mol. The van der Waals surface area contributed by atoms with Crippen LogP contribution in [0.2, 0.25) is 5.02 Å². The van der Waals surface area contributed by atoms with Crippen LogP contribution < -0.4 is 0 Å². The summed E-state index contributed by atoms with van der Waals surface area (Å²) in [7, 11) is 0. The molecule has 0 saturated heterocycles. The molecule has 0 radical (unpaired) electrons. The average molecular weight is 296 g/mol. The minimum absolute atomic E-state index is 0.00353. The zero-order valence-electron chi connectivity index (χ0n) is 10.3. The first kappa shape index (κ1) is 14.3. The third-order valence-corrected chi connectivity index (χ3v) is 3.23. The van der Waals surface area contributed by atoms with Crippen molar-refractivity contribution in [2.75, 3.05) is 0 Å². The highest BCUT2D eigenvalue weighted by Gasteiger charge is 2.10. The molecule has 0 saturated carbocycles. The van der Waals surface area contributed by atoms with Crippen molar-refractivity contribution in [3.8, 4) is 5.75 Å². The maximum absolute atomic E-state index is 13.0. The van der Waals surface area contributed by atoms with E-state index in [0.717, 1.165) is 5.56 Å². The molecule has 0 aliphatic rings. The topological polar surface area (TPSA) is 63.4 Å². The molecule has 0 aliphatic heterocycles. The Morgan fingerprint density at radius 1 is 1.20 bits per heavy atom. The van der Waals surface area contributed by atoms with Gasteiger partial charge in [-0.25, -0.2) is 4.39 Å². The van der Waals surface area contributed by atoms with Crippen molar-refractivity contribution < 1.29 is 14.4 Å². The molecule has 2 rings (SSSR count). The minimum Gasteiger partial charge on any atom is -0.508 e. The van der Waals surface area contributed by atoms with Gasteiger partial charge in [0.1, 0.15) is 11.6 Å². The highest BCUT2D eigenvalue weighted by Crippen LogP contribution is 2.25. The van der Waals surface area contributed by atoms with Crippen molar-refractivity contribution in [3.63, 3.8) is 0 Å². The van der Waals surface area contributed by atoms with Gasteiger partial charge in [0.2, 0.25) is 0 Å². The molecule has 0 aliphatic carbocycles. The second-order valence-electron chi connectivity index (χ2n) is 4.32. The van der Waals surface area contributed by atoms with Gasteiger partial charge in [-0.15, -0.1) is 0 Å². The molecule has 0 bridgehead atoms. The number of aryl methyl sites for hydroxylation is 2. The molecule has 2 aromatic carbocycles. The second kappa shape index (κ2) is 5.88. The SMILES string of the molecule is O=[N+]([O-])c1ccc(O)c(CCc2ccc(F)c(Cl)c2)c1. The molecule has 0 amide bonds. The van der Waals surface area contributed by atoms with Crippen molar-refractivity contribution in [2.24, 2.45) is 0 Å². The van der Waals surface area contributed by atoms with Crippen molar-refractivity contribution >= 4 is 17.3 Å². The molecular formula is C14H11ClFNO3. The average Bonchev–Trinajstić information content (AvgIpc) is 2.41. The van der Waals surface area contributed by atoms with Gasteiger partial charge in [0, 0.05) is 17.7 Å². The van der Waals surface area contributed by atoms with Crippen LogP contribution in [0.3, 0.4) is 0 Å². The standard InChI is InChI=1S/C14H11ClFNO3/c15-12-7-9(2-5-13(12)16)1-3-10-8-11(17(19)20)4-6-14(10)18/h2,4-8,18H,1,3H2. The van der Waals surface area contributed by atoms with E-state index in [2.05, 4.69) is 0 Å². The first-order valence-corrected chi connectivity index (χ1v) is 6.25. The number of nitro benzene ring substituents is 1. The number of nitrogens with zero attached hydrogens (tertiary/aromatic N) is 1. The van der Waals surface area contributed by atoms with E-state index < -0.39 is 10.7 Å². The lowest BCUT2D eigenvalue weighted by molar-refractivity contribution is -0.384. The zero-order valence-corrected chi connectivity index (χ0v) is 11.1. The maximum atomic E-state index is 13.0. The Morgan fingerprint density at radius 3 is 2.60 bits per heavy atom. The number of benzene rings is 2. The van der Waals surface area contributed by atoms with Crippen LogP contribution in [0.1, 0.15) is 11.1 Å². The van der Waals surface area contributed by atoms with E-state index in [1.54, 1.807) is 6.07 Å². The van der Waals surface area contributed by atoms with E-state index in [1.165, 1.54) is 30.3 Å². The van der Waals surface area contributed by atoms with Crippen LogP contribution in [-0.4, -0.2) is 10.0 Å². The van der Waals surface area contributed by atoms with Gasteiger partial charge >= 0.3 is 0 Å². The molecule has 2 aromatic rings. The van der Waals surface area contributed by atoms with Crippen LogP contribution in [-0.2, 0) is 12.8 Å². The molecule has 104 valence electrons. The predicted octanol–water partition coefficient (Wildman–Crippen LogP) is 3.88. The van der Waals surface area contributed by atoms with Crippen LogP contribution in [0.4, 0.5) is 10.1 Å².